The van der Waals surface area contributed by atoms with Gasteiger partial charge in [-0.3, -0.25) is 9.59 Å². The number of halogens is 1. The molecular formula is C26H32FN3O4. The Bertz CT molecular complexity index is 1060. The number of likely N-dealkylation sites (N-methyl/N-ethyl adjacent to an activating group) is 1. The van der Waals surface area contributed by atoms with Crippen LogP contribution in [0, 0.1) is 17.7 Å². The molecule has 0 bridgehead atoms. The normalized spacial score (nSPS) is 21.6. The third kappa shape index (κ3) is 4.78. The van der Waals surface area contributed by atoms with Gasteiger partial charge in [-0.2, -0.15) is 0 Å². The molecule has 1 saturated carbocycles. The molecule has 0 unspecified atom stereocenters. The van der Waals surface area contributed by atoms with Crippen molar-refractivity contribution in [3.8, 4) is 17.0 Å². The van der Waals surface area contributed by atoms with Crippen molar-refractivity contribution in [2.24, 2.45) is 11.8 Å². The lowest BCUT2D eigenvalue weighted by molar-refractivity contribution is -0.138. The summed E-state index contributed by atoms with van der Waals surface area (Å²) in [6.45, 7) is 4.26. The van der Waals surface area contributed by atoms with Gasteiger partial charge < -0.3 is 19.6 Å². The SMILES string of the molecule is C[C@H](CO)N1C[C@H](C)[C@@H](CN(C)C(=O)C2CCC2)Oc2ncc(-c3ccccc3F)cc2C1=O. The number of benzene rings is 1. The molecule has 2 aliphatic rings. The topological polar surface area (TPSA) is 83.0 Å². The minimum atomic E-state index is -0.423. The Morgan fingerprint density at radius 2 is 2.06 bits per heavy atom. The van der Waals surface area contributed by atoms with E-state index in [0.29, 0.717) is 24.2 Å². The van der Waals surface area contributed by atoms with Crippen LogP contribution >= 0.6 is 0 Å². The van der Waals surface area contributed by atoms with E-state index in [1.54, 1.807) is 48.0 Å². The van der Waals surface area contributed by atoms with Crippen LogP contribution in [0.1, 0.15) is 43.5 Å². The van der Waals surface area contributed by atoms with Crippen molar-refractivity contribution in [1.82, 2.24) is 14.8 Å². The smallest absolute Gasteiger partial charge is 0.259 e. The maximum atomic E-state index is 14.4. The van der Waals surface area contributed by atoms with Crippen molar-refractivity contribution in [2.45, 2.75) is 45.3 Å². The van der Waals surface area contributed by atoms with Crippen LogP contribution in [-0.2, 0) is 4.79 Å². The number of ether oxygens (including phenoxy) is 1. The Labute approximate surface area is 199 Å². The monoisotopic (exact) mass is 469 g/mol. The van der Waals surface area contributed by atoms with E-state index >= 15 is 0 Å². The molecule has 8 heteroatoms. The zero-order valence-corrected chi connectivity index (χ0v) is 19.9. The first-order valence-corrected chi connectivity index (χ1v) is 11.9. The van der Waals surface area contributed by atoms with Gasteiger partial charge in [0.25, 0.3) is 5.91 Å². The van der Waals surface area contributed by atoms with Gasteiger partial charge in [-0.25, -0.2) is 9.37 Å². The number of amides is 2. The molecule has 0 radical (unpaired) electrons. The van der Waals surface area contributed by atoms with E-state index in [0.717, 1.165) is 19.3 Å². The van der Waals surface area contributed by atoms with Crippen LogP contribution in [0.2, 0.25) is 0 Å². The summed E-state index contributed by atoms with van der Waals surface area (Å²) >= 11 is 0. The molecular weight excluding hydrogens is 437 g/mol. The highest BCUT2D eigenvalue weighted by Gasteiger charge is 2.36. The first kappa shape index (κ1) is 24.1. The van der Waals surface area contributed by atoms with Gasteiger partial charge in [0.2, 0.25) is 11.8 Å². The van der Waals surface area contributed by atoms with E-state index in [2.05, 4.69) is 4.98 Å². The van der Waals surface area contributed by atoms with Gasteiger partial charge in [0.05, 0.1) is 19.2 Å². The van der Waals surface area contributed by atoms with Crippen molar-refractivity contribution >= 4 is 11.8 Å². The van der Waals surface area contributed by atoms with Gasteiger partial charge >= 0.3 is 0 Å². The average molecular weight is 470 g/mol. The quantitative estimate of drug-likeness (QED) is 0.702. The van der Waals surface area contributed by atoms with E-state index in [9.17, 15) is 19.1 Å². The summed E-state index contributed by atoms with van der Waals surface area (Å²) in [6, 6.07) is 7.49. The van der Waals surface area contributed by atoms with E-state index in [4.69, 9.17) is 4.74 Å². The third-order valence-corrected chi connectivity index (χ3v) is 6.99. The molecule has 2 amide bonds. The van der Waals surface area contributed by atoms with Crippen molar-refractivity contribution in [3.63, 3.8) is 0 Å². The lowest BCUT2D eigenvalue weighted by Crippen LogP contribution is -2.51. The second kappa shape index (κ2) is 10.1. The van der Waals surface area contributed by atoms with Crippen LogP contribution in [0.15, 0.2) is 36.5 Å². The summed E-state index contributed by atoms with van der Waals surface area (Å²) in [7, 11) is 1.78. The van der Waals surface area contributed by atoms with Crippen LogP contribution in [0.25, 0.3) is 11.1 Å². The Morgan fingerprint density at radius 3 is 2.71 bits per heavy atom. The van der Waals surface area contributed by atoms with Gasteiger partial charge in [-0.05, 0) is 31.9 Å². The molecule has 0 saturated heterocycles. The Morgan fingerprint density at radius 1 is 1.32 bits per heavy atom. The highest BCUT2D eigenvalue weighted by atomic mass is 19.1. The zero-order chi connectivity index (χ0) is 24.4. The number of hydrogen-bond donors (Lipinski definition) is 1. The van der Waals surface area contributed by atoms with Gasteiger partial charge in [0, 0.05) is 42.8 Å². The molecule has 34 heavy (non-hydrogen) atoms. The van der Waals surface area contributed by atoms with Gasteiger partial charge in [-0.15, -0.1) is 0 Å². The summed E-state index contributed by atoms with van der Waals surface area (Å²) in [4.78, 5) is 34.0. The molecule has 1 aromatic heterocycles. The van der Waals surface area contributed by atoms with Crippen molar-refractivity contribution in [2.75, 3.05) is 26.7 Å². The summed E-state index contributed by atoms with van der Waals surface area (Å²) in [5, 5.41) is 9.81. The summed E-state index contributed by atoms with van der Waals surface area (Å²) in [5.41, 5.74) is 1.02. The highest BCUT2D eigenvalue weighted by Crippen LogP contribution is 2.32. The minimum absolute atomic E-state index is 0.0788. The second-order valence-corrected chi connectivity index (χ2v) is 9.53. The number of pyridine rings is 1. The largest absolute Gasteiger partial charge is 0.472 e. The number of nitrogens with zero attached hydrogens (tertiary/aromatic N) is 3. The van der Waals surface area contributed by atoms with Crippen LogP contribution < -0.4 is 4.74 Å². The number of fused-ring (bicyclic) bond motifs is 1. The fourth-order valence-corrected chi connectivity index (χ4v) is 4.49. The Balaban J connectivity index is 1.69. The Kier molecular flexibility index (Phi) is 7.16. The van der Waals surface area contributed by atoms with E-state index < -0.39 is 18.0 Å². The summed E-state index contributed by atoms with van der Waals surface area (Å²) in [6.07, 6.45) is 4.02. The van der Waals surface area contributed by atoms with Crippen LogP contribution in [0.4, 0.5) is 4.39 Å². The minimum Gasteiger partial charge on any atom is -0.472 e. The van der Waals surface area contributed by atoms with Crippen molar-refractivity contribution in [1.29, 1.82) is 0 Å². The van der Waals surface area contributed by atoms with Crippen molar-refractivity contribution < 1.29 is 23.8 Å². The predicted octanol–water partition coefficient (Wildman–Crippen LogP) is 3.37. The number of carbonyl (C=O) groups excluding carboxylic acids is 2. The van der Waals surface area contributed by atoms with Gasteiger partial charge in [0.15, 0.2) is 0 Å². The molecule has 4 rings (SSSR count). The van der Waals surface area contributed by atoms with Crippen LogP contribution in [0.5, 0.6) is 5.88 Å². The molecule has 0 spiro atoms. The molecule has 2 heterocycles. The van der Waals surface area contributed by atoms with E-state index in [1.165, 1.54) is 12.3 Å². The molecule has 1 aromatic carbocycles. The molecule has 1 aliphatic carbocycles. The number of hydrogen-bond acceptors (Lipinski definition) is 5. The number of aliphatic hydroxyl groups is 1. The molecule has 1 aliphatic heterocycles. The van der Waals surface area contributed by atoms with Crippen LogP contribution in [0.3, 0.4) is 0 Å². The van der Waals surface area contributed by atoms with Gasteiger partial charge in [-0.1, -0.05) is 31.5 Å². The van der Waals surface area contributed by atoms with Gasteiger partial charge in [0.1, 0.15) is 17.5 Å². The first-order chi connectivity index (χ1) is 16.3. The molecule has 2 aromatic rings. The maximum absolute atomic E-state index is 14.4. The highest BCUT2D eigenvalue weighted by molar-refractivity contribution is 5.98. The molecule has 1 N–H and O–H groups in total. The second-order valence-electron chi connectivity index (χ2n) is 9.53. The fourth-order valence-electron chi connectivity index (χ4n) is 4.49. The summed E-state index contributed by atoms with van der Waals surface area (Å²) in [5.74, 6) is -0.505. The lowest BCUT2D eigenvalue weighted by Gasteiger charge is -2.38. The lowest BCUT2D eigenvalue weighted by atomic mass is 9.84. The number of aliphatic hydroxyl groups excluding tert-OH is 1. The predicted molar refractivity (Wildman–Crippen MR) is 126 cm³/mol. The number of aromatic nitrogens is 1. The van der Waals surface area contributed by atoms with Crippen molar-refractivity contribution in [3.05, 3.63) is 47.9 Å². The van der Waals surface area contributed by atoms with E-state index in [-0.39, 0.29) is 41.7 Å². The molecule has 7 nitrogen and oxygen atoms in total. The third-order valence-electron chi connectivity index (χ3n) is 6.99. The van der Waals surface area contributed by atoms with E-state index in [1.807, 2.05) is 6.92 Å². The zero-order valence-electron chi connectivity index (χ0n) is 19.9. The summed E-state index contributed by atoms with van der Waals surface area (Å²) < 4.78 is 20.7. The number of carbonyl (C=O) groups is 2. The average Bonchev–Trinajstić information content (AvgIpc) is 2.79. The first-order valence-electron chi connectivity index (χ1n) is 11.9. The van der Waals surface area contributed by atoms with Crippen LogP contribution in [-0.4, -0.2) is 70.6 Å². The molecule has 3 atom stereocenters. The fraction of sp³-hybridized carbons (Fsp3) is 0.500. The standard InChI is InChI=1S/C26H32FN3O4/c1-16-13-30(17(2)15-31)26(33)21-11-19(20-9-4-5-10-22(20)27)12-28-24(21)34-23(16)14-29(3)25(32)18-7-6-8-18/h4-5,9-12,16-18,23,31H,6-8,13-15H2,1-3H3/t16-,17+,23+/m0/s1. The number of rotatable bonds is 6. The maximum Gasteiger partial charge on any atom is 0.259 e. The Hall–Kier alpha value is -3.00. The molecule has 182 valence electrons. The molecule has 1 fully saturated rings.